The lowest BCUT2D eigenvalue weighted by Crippen LogP contribution is -2.65. The van der Waals surface area contributed by atoms with Crippen molar-refractivity contribution in [2.75, 3.05) is 19.8 Å². The van der Waals surface area contributed by atoms with E-state index in [9.17, 15) is 45.6 Å². The van der Waals surface area contributed by atoms with Gasteiger partial charge < -0.3 is 65.1 Å². The Bertz CT molecular complexity index is 1510. The summed E-state index contributed by atoms with van der Waals surface area (Å²) >= 11 is 0. The zero-order valence-electron chi connectivity index (χ0n) is 58.7. The fourth-order valence-electron chi connectivity index (χ4n) is 13.6. The van der Waals surface area contributed by atoms with Crippen molar-refractivity contribution in [3.63, 3.8) is 0 Å². The van der Waals surface area contributed by atoms with Gasteiger partial charge in [-0.2, -0.15) is 0 Å². The summed E-state index contributed by atoms with van der Waals surface area (Å²) in [6, 6.07) is -0.825. The Morgan fingerprint density at radius 3 is 0.944 bits per heavy atom. The Hall–Kier alpha value is -1.01. The van der Waals surface area contributed by atoms with E-state index in [4.69, 9.17) is 18.9 Å². The minimum Gasteiger partial charge on any atom is -0.394 e. The number of carbonyl (C=O) groups excluding carboxylic acids is 1. The molecule has 2 aliphatic rings. The second-order valence-corrected chi connectivity index (χ2v) is 28.2. The summed E-state index contributed by atoms with van der Waals surface area (Å²) in [5.74, 6) is -0.196. The van der Waals surface area contributed by atoms with Gasteiger partial charge in [0.2, 0.25) is 5.91 Å². The van der Waals surface area contributed by atoms with Gasteiger partial charge in [-0.25, -0.2) is 0 Å². The smallest absolute Gasteiger partial charge is 0.220 e. The van der Waals surface area contributed by atoms with E-state index in [1.54, 1.807) is 0 Å². The van der Waals surface area contributed by atoms with E-state index in [2.05, 4.69) is 19.2 Å². The van der Waals surface area contributed by atoms with Gasteiger partial charge in [0.05, 0.1) is 32.0 Å². The van der Waals surface area contributed by atoms with E-state index in [0.717, 1.165) is 51.4 Å². The molecule has 0 radical (unpaired) electrons. The van der Waals surface area contributed by atoms with Crippen LogP contribution in [-0.2, 0) is 23.7 Å². The second-order valence-electron chi connectivity index (χ2n) is 28.2. The topological polar surface area (TPSA) is 228 Å². The molecule has 2 heterocycles. The molecule has 0 bridgehead atoms. The lowest BCUT2D eigenvalue weighted by molar-refractivity contribution is -0.359. The molecule has 2 saturated heterocycles. The Balaban J connectivity index is 1.56. The Labute approximate surface area is 553 Å². The number of rotatable bonds is 67. The first-order valence-corrected chi connectivity index (χ1v) is 39.3. The molecule has 2 aliphatic heterocycles. The average Bonchev–Trinajstić information content (AvgIpc) is 1.58. The molecule has 14 nitrogen and oxygen atoms in total. The minimum atomic E-state index is -1.78. The summed E-state index contributed by atoms with van der Waals surface area (Å²) in [5, 5.41) is 87.7. The number of aliphatic hydroxyl groups is 8. The predicted octanol–water partition coefficient (Wildman–Crippen LogP) is 17.1. The number of aliphatic hydroxyl groups excluding tert-OH is 8. The summed E-state index contributed by atoms with van der Waals surface area (Å²) in [7, 11) is 0. The van der Waals surface area contributed by atoms with E-state index in [0.29, 0.717) is 12.8 Å². The normalized spacial score (nSPS) is 22.8. The monoisotopic (exact) mass is 1280 g/mol. The third kappa shape index (κ3) is 44.7. The summed E-state index contributed by atoms with van der Waals surface area (Å²) in [4.78, 5) is 13.4. The van der Waals surface area contributed by atoms with Gasteiger partial charge in [0.25, 0.3) is 0 Å². The zero-order valence-corrected chi connectivity index (χ0v) is 58.7. The van der Waals surface area contributed by atoms with Gasteiger partial charge in [0.15, 0.2) is 12.6 Å². The fourth-order valence-corrected chi connectivity index (χ4v) is 13.6. The molecule has 12 unspecified atom stereocenters. The minimum absolute atomic E-state index is 0.196. The molecular weight excluding hydrogens is 1130 g/mol. The molecule has 0 aliphatic carbocycles. The molecule has 1 amide bonds. The van der Waals surface area contributed by atoms with Crippen LogP contribution in [0, 0.1) is 0 Å². The lowest BCUT2D eigenvalue weighted by atomic mass is 9.97. The van der Waals surface area contributed by atoms with Gasteiger partial charge in [-0.15, -0.1) is 0 Å². The van der Waals surface area contributed by atoms with Crippen molar-refractivity contribution >= 4 is 5.91 Å². The average molecular weight is 1290 g/mol. The molecule has 536 valence electrons. The highest BCUT2D eigenvalue weighted by Crippen LogP contribution is 2.30. The number of hydrogen-bond acceptors (Lipinski definition) is 13. The molecule has 12 atom stereocenters. The van der Waals surface area contributed by atoms with Crippen LogP contribution < -0.4 is 5.32 Å². The van der Waals surface area contributed by atoms with E-state index < -0.39 is 86.8 Å². The van der Waals surface area contributed by atoms with Gasteiger partial charge in [0, 0.05) is 6.42 Å². The number of ether oxygens (including phenoxy) is 4. The summed E-state index contributed by atoms with van der Waals surface area (Å²) in [6.45, 7) is 2.94. The van der Waals surface area contributed by atoms with Gasteiger partial charge in [0.1, 0.15) is 48.8 Å². The first kappa shape index (κ1) is 85.1. The van der Waals surface area contributed by atoms with Crippen LogP contribution in [-0.4, -0.2) is 140 Å². The largest absolute Gasteiger partial charge is 0.394 e. The molecule has 2 rings (SSSR count). The van der Waals surface area contributed by atoms with E-state index in [1.807, 2.05) is 0 Å². The number of unbranched alkanes of at least 4 members (excludes halogenated alkanes) is 54. The molecule has 0 aromatic heterocycles. The molecular formula is C76H149NO13. The van der Waals surface area contributed by atoms with Crippen molar-refractivity contribution in [2.24, 2.45) is 0 Å². The van der Waals surface area contributed by atoms with Crippen LogP contribution >= 0.6 is 0 Å². The molecule has 90 heavy (non-hydrogen) atoms. The molecule has 0 aromatic rings. The molecule has 0 saturated carbocycles. The van der Waals surface area contributed by atoms with Gasteiger partial charge in [-0.3, -0.25) is 4.79 Å². The SMILES string of the molecule is CCCCCCCCCCCCCCCCCCCCCCCCCCCCCCCCCCCCCCCC(=O)NC(COC1OC(CO)C(OC2OC(CO)C(O)C(O)C2O)C(O)C1O)C(O)CCCCCCCCCCCCCCCCCCCCC. The van der Waals surface area contributed by atoms with Crippen LogP contribution in [0.3, 0.4) is 0 Å². The molecule has 0 aromatic carbocycles. The van der Waals surface area contributed by atoms with Gasteiger partial charge >= 0.3 is 0 Å². The highest BCUT2D eigenvalue weighted by atomic mass is 16.7. The summed E-state index contributed by atoms with van der Waals surface area (Å²) in [5.41, 5.74) is 0. The third-order valence-electron chi connectivity index (χ3n) is 19.8. The van der Waals surface area contributed by atoms with Crippen LogP contribution in [0.4, 0.5) is 0 Å². The van der Waals surface area contributed by atoms with Crippen molar-refractivity contribution in [1.82, 2.24) is 5.32 Å². The highest BCUT2D eigenvalue weighted by Gasteiger charge is 2.51. The van der Waals surface area contributed by atoms with Crippen molar-refractivity contribution in [2.45, 2.75) is 460 Å². The van der Waals surface area contributed by atoms with Crippen molar-refractivity contribution < 1.29 is 64.6 Å². The van der Waals surface area contributed by atoms with E-state index >= 15 is 0 Å². The number of hydrogen-bond donors (Lipinski definition) is 9. The van der Waals surface area contributed by atoms with Crippen molar-refractivity contribution in [3.05, 3.63) is 0 Å². The summed E-state index contributed by atoms with van der Waals surface area (Å²) in [6.07, 6.45) is 58.7. The maximum atomic E-state index is 13.4. The van der Waals surface area contributed by atoms with Crippen molar-refractivity contribution in [1.29, 1.82) is 0 Å². The Kier molecular flexibility index (Phi) is 58.2. The van der Waals surface area contributed by atoms with Crippen LogP contribution in [0.2, 0.25) is 0 Å². The van der Waals surface area contributed by atoms with Crippen LogP contribution in [0.5, 0.6) is 0 Å². The highest BCUT2D eigenvalue weighted by molar-refractivity contribution is 5.76. The van der Waals surface area contributed by atoms with Crippen LogP contribution in [0.25, 0.3) is 0 Å². The molecule has 14 heteroatoms. The van der Waals surface area contributed by atoms with E-state index in [-0.39, 0.29) is 12.5 Å². The fraction of sp³-hybridized carbons (Fsp3) is 0.987. The van der Waals surface area contributed by atoms with Gasteiger partial charge in [-0.05, 0) is 12.8 Å². The Morgan fingerprint density at radius 1 is 0.356 bits per heavy atom. The maximum absolute atomic E-state index is 13.4. The van der Waals surface area contributed by atoms with Crippen LogP contribution in [0.15, 0.2) is 0 Å². The molecule has 2 fully saturated rings. The third-order valence-corrected chi connectivity index (χ3v) is 19.8. The quantitative estimate of drug-likeness (QED) is 0.0259. The Morgan fingerprint density at radius 2 is 0.633 bits per heavy atom. The molecule has 9 N–H and O–H groups in total. The van der Waals surface area contributed by atoms with E-state index in [1.165, 1.54) is 308 Å². The predicted molar refractivity (Wildman–Crippen MR) is 369 cm³/mol. The number of carbonyl (C=O) groups is 1. The van der Waals surface area contributed by atoms with Gasteiger partial charge in [-0.1, -0.05) is 367 Å². The first-order valence-electron chi connectivity index (χ1n) is 39.3. The number of nitrogens with one attached hydrogen (secondary N) is 1. The second kappa shape index (κ2) is 61.6. The lowest BCUT2D eigenvalue weighted by Gasteiger charge is -2.46. The number of amides is 1. The first-order chi connectivity index (χ1) is 44.1. The standard InChI is InChI=1S/C76H149NO13/c1-3-5-7-9-11-13-15-17-19-21-23-24-25-26-27-28-29-30-31-32-33-34-35-36-37-38-39-40-42-44-46-48-50-52-54-56-58-60-68(81)77-64(65(80)59-57-55-53-51-49-47-45-43-41-22-20-18-16-14-12-10-8-6-4-2)63-87-75-73(86)71(84)74(67(62-79)89-75)90-76-72(85)70(83)69(82)66(61-78)88-76/h64-67,69-76,78-80,82-86H,3-63H2,1-2H3,(H,77,81). The van der Waals surface area contributed by atoms with Crippen LogP contribution in [0.1, 0.15) is 386 Å². The summed E-state index contributed by atoms with van der Waals surface area (Å²) < 4.78 is 23.0. The van der Waals surface area contributed by atoms with Crippen molar-refractivity contribution in [3.8, 4) is 0 Å². The zero-order chi connectivity index (χ0) is 65.2. The maximum Gasteiger partial charge on any atom is 0.220 e. The molecule has 0 spiro atoms.